The van der Waals surface area contributed by atoms with Crippen molar-refractivity contribution in [3.05, 3.63) is 35.1 Å². The summed E-state index contributed by atoms with van der Waals surface area (Å²) in [6.45, 7) is 1.74. The third kappa shape index (κ3) is 4.52. The second-order valence-corrected chi connectivity index (χ2v) is 10.9. The van der Waals surface area contributed by atoms with E-state index in [4.69, 9.17) is 34.5 Å². The van der Waals surface area contributed by atoms with Crippen LogP contribution in [0.25, 0.3) is 0 Å². The van der Waals surface area contributed by atoms with Crippen molar-refractivity contribution in [2.45, 2.75) is 74.4 Å². The van der Waals surface area contributed by atoms with E-state index >= 15 is 0 Å². The fraction of sp³-hybridized carbons (Fsp3) is 0.571. The number of nitrogens with zero attached hydrogens (tertiary/aromatic N) is 1. The number of likely N-dealkylation sites (tertiary alicyclic amines) is 1. The zero-order valence-electron chi connectivity index (χ0n) is 23.1. The summed E-state index contributed by atoms with van der Waals surface area (Å²) in [6.07, 6.45) is -2.16. The van der Waals surface area contributed by atoms with Gasteiger partial charge < -0.3 is 44.5 Å². The summed E-state index contributed by atoms with van der Waals surface area (Å²) in [4.78, 5) is 51.2. The topological polar surface area (TPSA) is 184 Å². The van der Waals surface area contributed by atoms with Gasteiger partial charge in [0.25, 0.3) is 0 Å². The Labute approximate surface area is 236 Å². The number of methoxy groups -OCH3 is 1. The third-order valence-electron chi connectivity index (χ3n) is 8.67. The highest BCUT2D eigenvalue weighted by Crippen LogP contribution is 2.65. The lowest BCUT2D eigenvalue weighted by atomic mass is 9.50. The molecule has 2 heterocycles. The molecule has 2 unspecified atom stereocenters. The van der Waals surface area contributed by atoms with Gasteiger partial charge in [-0.05, 0) is 51.1 Å². The quantitative estimate of drug-likeness (QED) is 0.254. The molecule has 1 aromatic carbocycles. The monoisotopic (exact) mass is 574 g/mol. The number of carbonyl (C=O) groups is 4. The minimum Gasteiger partial charge on any atom is -0.493 e. The van der Waals surface area contributed by atoms with E-state index in [0.29, 0.717) is 30.9 Å². The number of ether oxygens (including phenoxy) is 5. The Bertz CT molecular complexity index is 1310. The Morgan fingerprint density at radius 2 is 1.98 bits per heavy atom. The number of nitrogens with two attached hydrogens (primary N) is 1. The molecule has 13 heteroatoms. The molecule has 6 atom stereocenters. The number of carbonyl (C=O) groups excluding carboxylic acids is 3. The van der Waals surface area contributed by atoms with E-state index in [9.17, 15) is 24.3 Å². The first kappa shape index (κ1) is 28.8. The number of esters is 3. The van der Waals surface area contributed by atoms with Gasteiger partial charge >= 0.3 is 23.9 Å². The van der Waals surface area contributed by atoms with Gasteiger partial charge in [-0.3, -0.25) is 9.59 Å². The third-order valence-corrected chi connectivity index (χ3v) is 8.67. The lowest BCUT2D eigenvalue weighted by molar-refractivity contribution is -0.179. The molecule has 1 fully saturated rings. The molecule has 13 nitrogen and oxygen atoms in total. The molecule has 222 valence electrons. The van der Waals surface area contributed by atoms with Gasteiger partial charge in [0, 0.05) is 24.6 Å². The summed E-state index contributed by atoms with van der Waals surface area (Å²) in [7, 11) is 3.51. The molecule has 4 aliphatic rings. The lowest BCUT2D eigenvalue weighted by Gasteiger charge is -2.61. The molecule has 0 radical (unpaired) electrons. The molecular weight excluding hydrogens is 540 g/mol. The van der Waals surface area contributed by atoms with Crippen LogP contribution in [0.15, 0.2) is 24.0 Å². The zero-order chi connectivity index (χ0) is 29.7. The highest BCUT2D eigenvalue weighted by Gasteiger charge is 2.72. The highest BCUT2D eigenvalue weighted by molar-refractivity contribution is 5.86. The average Bonchev–Trinajstić information content (AvgIpc) is 3.27. The summed E-state index contributed by atoms with van der Waals surface area (Å²) < 4.78 is 27.7. The molecule has 0 aromatic heterocycles. The van der Waals surface area contributed by atoms with Crippen LogP contribution in [0.4, 0.5) is 0 Å². The van der Waals surface area contributed by atoms with Crippen molar-refractivity contribution in [3.63, 3.8) is 0 Å². The van der Waals surface area contributed by atoms with Crippen LogP contribution < -0.4 is 15.2 Å². The van der Waals surface area contributed by atoms with Gasteiger partial charge in [-0.1, -0.05) is 6.07 Å². The van der Waals surface area contributed by atoms with Crippen molar-refractivity contribution in [2.75, 3.05) is 27.2 Å². The number of aliphatic carboxylic acids is 1. The number of hydrogen-bond acceptors (Lipinski definition) is 12. The Balaban J connectivity index is 1.43. The van der Waals surface area contributed by atoms with Crippen molar-refractivity contribution in [2.24, 2.45) is 5.73 Å². The number of carboxylic acid groups (broad SMARTS) is 1. The van der Waals surface area contributed by atoms with Crippen LogP contribution in [0.2, 0.25) is 0 Å². The molecule has 4 N–H and O–H groups in total. The van der Waals surface area contributed by atoms with Crippen LogP contribution in [-0.4, -0.2) is 96.2 Å². The van der Waals surface area contributed by atoms with Crippen LogP contribution in [0.5, 0.6) is 11.5 Å². The first-order chi connectivity index (χ1) is 19.5. The Morgan fingerprint density at radius 3 is 2.66 bits per heavy atom. The minimum absolute atomic E-state index is 0.0599. The van der Waals surface area contributed by atoms with Gasteiger partial charge in [-0.2, -0.15) is 0 Å². The van der Waals surface area contributed by atoms with Gasteiger partial charge in [-0.15, -0.1) is 0 Å². The maximum atomic E-state index is 13.2. The van der Waals surface area contributed by atoms with E-state index in [-0.39, 0.29) is 31.2 Å². The van der Waals surface area contributed by atoms with Crippen molar-refractivity contribution in [3.8, 4) is 11.5 Å². The maximum Gasteiger partial charge on any atom is 0.348 e. The van der Waals surface area contributed by atoms with Crippen molar-refractivity contribution >= 4 is 23.9 Å². The molecule has 2 aliphatic carbocycles. The van der Waals surface area contributed by atoms with Crippen LogP contribution >= 0.6 is 0 Å². The predicted molar refractivity (Wildman–Crippen MR) is 139 cm³/mol. The normalized spacial score (nSPS) is 28.8. The van der Waals surface area contributed by atoms with E-state index in [2.05, 4.69) is 4.90 Å². The Kier molecular flexibility index (Phi) is 7.47. The largest absolute Gasteiger partial charge is 0.493 e. The Morgan fingerprint density at radius 1 is 1.22 bits per heavy atom. The fourth-order valence-corrected chi connectivity index (χ4v) is 6.72. The lowest BCUT2D eigenvalue weighted by Crippen LogP contribution is -2.74. The van der Waals surface area contributed by atoms with Crippen molar-refractivity contribution < 1.29 is 53.1 Å². The molecule has 2 bridgehead atoms. The second-order valence-electron chi connectivity index (χ2n) is 10.9. The van der Waals surface area contributed by atoms with Crippen LogP contribution in [-0.2, 0) is 45.2 Å². The molecule has 0 saturated carbocycles. The predicted octanol–water partition coefficient (Wildman–Crippen LogP) is 0.183. The van der Waals surface area contributed by atoms with E-state index in [1.165, 1.54) is 7.11 Å². The number of likely N-dealkylation sites (N-methyl/N-ethyl adjacent to an activating group) is 1. The van der Waals surface area contributed by atoms with E-state index in [1.807, 2.05) is 19.2 Å². The van der Waals surface area contributed by atoms with Crippen LogP contribution in [0.1, 0.15) is 43.7 Å². The smallest absolute Gasteiger partial charge is 0.348 e. The molecule has 1 spiro atoms. The maximum absolute atomic E-state index is 13.2. The zero-order valence-corrected chi connectivity index (χ0v) is 23.1. The number of rotatable bonds is 10. The molecule has 5 rings (SSSR count). The minimum atomic E-state index is -1.75. The molecule has 2 aliphatic heterocycles. The van der Waals surface area contributed by atoms with Gasteiger partial charge in [0.15, 0.2) is 23.7 Å². The van der Waals surface area contributed by atoms with Gasteiger partial charge in [0.05, 0.1) is 31.0 Å². The molecular formula is C28H34N2O11. The number of carboxylic acids is 1. The van der Waals surface area contributed by atoms with Gasteiger partial charge in [-0.25, -0.2) is 9.59 Å². The number of piperidine rings is 1. The number of hydrogen-bond donors (Lipinski definition) is 3. The standard InChI is InChI=1S/C28H34N2O11/c1-14(25(33)34)38-26(35)18(40-20(31)7-10-29)13-21(32)39-17-6-8-28(36)19-12-15-4-5-16(37-3)23-22(15)27(28,24(17)41-23)9-11-30(19)2/h4-6,14,18-19,24,36H,7-13,29H2,1-3H3,(H,33,34)/t14?,18?,19-,24+,27+,28-/m1/s1. The molecule has 41 heavy (non-hydrogen) atoms. The molecule has 1 saturated heterocycles. The van der Waals surface area contributed by atoms with E-state index in [0.717, 1.165) is 18.1 Å². The van der Waals surface area contributed by atoms with Crippen molar-refractivity contribution in [1.82, 2.24) is 4.90 Å². The average molecular weight is 575 g/mol. The molecule has 1 aromatic rings. The summed E-state index contributed by atoms with van der Waals surface area (Å²) in [5.74, 6) is -3.26. The Hall–Kier alpha value is -3.68. The number of benzene rings is 1. The first-order valence-electron chi connectivity index (χ1n) is 13.5. The van der Waals surface area contributed by atoms with Crippen LogP contribution in [0, 0.1) is 0 Å². The van der Waals surface area contributed by atoms with Crippen LogP contribution in [0.3, 0.4) is 0 Å². The number of aliphatic hydroxyl groups is 1. The van der Waals surface area contributed by atoms with Gasteiger partial charge in [0.1, 0.15) is 5.76 Å². The van der Waals surface area contributed by atoms with Gasteiger partial charge in [0.2, 0.25) is 6.10 Å². The van der Waals surface area contributed by atoms with E-state index < -0.39 is 59.6 Å². The van der Waals surface area contributed by atoms with E-state index in [1.54, 1.807) is 6.08 Å². The summed E-state index contributed by atoms with van der Waals surface area (Å²) >= 11 is 0. The summed E-state index contributed by atoms with van der Waals surface area (Å²) in [6, 6.07) is 3.60. The fourth-order valence-electron chi connectivity index (χ4n) is 6.72. The molecule has 0 amide bonds. The SMILES string of the molecule is COc1ccc2c3c1O[C@H]1C(OC(=O)CC(OC(=O)CCN)C(=O)OC(C)C(=O)O)=CC[C@@]4(O)[C@@H](C2)N(C)CC[C@]314. The van der Waals surface area contributed by atoms with Crippen molar-refractivity contribution in [1.29, 1.82) is 0 Å². The summed E-state index contributed by atoms with van der Waals surface area (Å²) in [5.41, 5.74) is 5.15. The second kappa shape index (κ2) is 10.6. The highest BCUT2D eigenvalue weighted by atomic mass is 16.6. The summed E-state index contributed by atoms with van der Waals surface area (Å²) in [5, 5.41) is 21.4. The first-order valence-corrected chi connectivity index (χ1v) is 13.5.